The Balaban J connectivity index is 1.82. The lowest BCUT2D eigenvalue weighted by Crippen LogP contribution is -2.39. The number of benzene rings is 3. The topological polar surface area (TPSA) is 64.0 Å². The smallest absolute Gasteiger partial charge is 0.161 e. The Bertz CT molecular complexity index is 1240. The summed E-state index contributed by atoms with van der Waals surface area (Å²) in [6.45, 7) is 0.698. The number of rotatable bonds is 8. The molecule has 0 saturated carbocycles. The Morgan fingerprint density at radius 1 is 0.914 bits per heavy atom. The Hall–Kier alpha value is -3.40. The summed E-state index contributed by atoms with van der Waals surface area (Å²) in [6, 6.07) is 19.5. The summed E-state index contributed by atoms with van der Waals surface area (Å²) in [5, 5.41) is 10.9. The van der Waals surface area contributed by atoms with E-state index < -0.39 is 6.04 Å². The van der Waals surface area contributed by atoms with Gasteiger partial charge >= 0.3 is 0 Å². The van der Waals surface area contributed by atoms with Crippen LogP contribution in [0.3, 0.4) is 0 Å². The van der Waals surface area contributed by atoms with Gasteiger partial charge in [0, 0.05) is 23.2 Å². The Labute approximate surface area is 211 Å². The molecule has 1 aliphatic rings. The van der Waals surface area contributed by atoms with E-state index in [9.17, 15) is 5.26 Å². The fourth-order valence-corrected chi connectivity index (χ4v) is 5.07. The van der Waals surface area contributed by atoms with E-state index in [-0.39, 0.29) is 6.04 Å². The van der Waals surface area contributed by atoms with Crippen LogP contribution in [-0.2, 0) is 12.8 Å². The van der Waals surface area contributed by atoms with Gasteiger partial charge in [0.25, 0.3) is 0 Å². The Kier molecular flexibility index (Phi) is 7.70. The van der Waals surface area contributed by atoms with Crippen LogP contribution in [-0.4, -0.2) is 39.9 Å². The average molecular weight is 493 g/mol. The summed E-state index contributed by atoms with van der Waals surface area (Å²) in [5.41, 5.74) is 4.16. The largest absolute Gasteiger partial charge is 0.493 e. The summed E-state index contributed by atoms with van der Waals surface area (Å²) < 4.78 is 22.1. The molecule has 0 aromatic heterocycles. The molecule has 6 nitrogen and oxygen atoms in total. The van der Waals surface area contributed by atoms with Crippen LogP contribution in [0.5, 0.6) is 23.0 Å². The van der Waals surface area contributed by atoms with Crippen molar-refractivity contribution < 1.29 is 18.9 Å². The third-order valence-electron chi connectivity index (χ3n) is 6.57. The lowest BCUT2D eigenvalue weighted by Gasteiger charge is -2.40. The zero-order valence-electron chi connectivity index (χ0n) is 20.4. The molecule has 2 atom stereocenters. The van der Waals surface area contributed by atoms with Gasteiger partial charge in [-0.25, -0.2) is 0 Å². The summed E-state index contributed by atoms with van der Waals surface area (Å²) >= 11 is 6.54. The van der Waals surface area contributed by atoms with Gasteiger partial charge in [-0.15, -0.1) is 0 Å². The molecule has 7 heteroatoms. The van der Waals surface area contributed by atoms with E-state index >= 15 is 0 Å². The third kappa shape index (κ3) is 4.88. The number of ether oxygens (including phenoxy) is 4. The van der Waals surface area contributed by atoms with E-state index in [1.807, 2.05) is 54.6 Å². The van der Waals surface area contributed by atoms with Gasteiger partial charge in [0.1, 0.15) is 6.04 Å². The second kappa shape index (κ2) is 10.9. The van der Waals surface area contributed by atoms with Crippen LogP contribution >= 0.6 is 11.6 Å². The quantitative estimate of drug-likeness (QED) is 0.397. The predicted molar refractivity (Wildman–Crippen MR) is 136 cm³/mol. The highest BCUT2D eigenvalue weighted by Crippen LogP contribution is 2.44. The molecule has 182 valence electrons. The number of fused-ring (bicyclic) bond motifs is 1. The van der Waals surface area contributed by atoms with E-state index in [1.165, 1.54) is 5.56 Å². The van der Waals surface area contributed by atoms with Crippen LogP contribution in [0.4, 0.5) is 0 Å². The molecule has 3 aromatic rings. The SMILES string of the molecule is COc1ccc(CC2c3cc(OC)c(OC)cc3CCN2C(C#N)c2ccccc2Cl)cc1OC. The molecule has 0 aliphatic carbocycles. The van der Waals surface area contributed by atoms with Crippen LogP contribution in [0.1, 0.15) is 34.3 Å². The van der Waals surface area contributed by atoms with Crippen molar-refractivity contribution in [3.8, 4) is 29.1 Å². The van der Waals surface area contributed by atoms with Crippen molar-refractivity contribution >= 4 is 11.6 Å². The van der Waals surface area contributed by atoms with Crippen LogP contribution in [0.2, 0.25) is 5.02 Å². The van der Waals surface area contributed by atoms with Gasteiger partial charge in [-0.1, -0.05) is 35.9 Å². The number of hydrogen-bond acceptors (Lipinski definition) is 6. The summed E-state index contributed by atoms with van der Waals surface area (Å²) in [5.74, 6) is 2.71. The molecule has 3 aromatic carbocycles. The van der Waals surface area contributed by atoms with Crippen LogP contribution in [0, 0.1) is 11.3 Å². The molecule has 35 heavy (non-hydrogen) atoms. The molecule has 1 heterocycles. The standard InChI is InChI=1S/C28H29ClN2O4/c1-32-25-10-9-18(14-26(25)33-2)13-23-21-16-28(35-4)27(34-3)15-19(21)11-12-31(23)24(17-30)20-7-5-6-8-22(20)29/h5-10,14-16,23-24H,11-13H2,1-4H3. The first-order chi connectivity index (χ1) is 17.0. The minimum absolute atomic E-state index is 0.0995. The fourth-order valence-electron chi connectivity index (χ4n) is 4.83. The molecule has 0 radical (unpaired) electrons. The van der Waals surface area contributed by atoms with Crippen molar-refractivity contribution in [2.45, 2.75) is 24.9 Å². The number of nitriles is 1. The molecule has 2 unspecified atom stereocenters. The lowest BCUT2D eigenvalue weighted by molar-refractivity contribution is 0.151. The van der Waals surface area contributed by atoms with E-state index in [0.717, 1.165) is 23.1 Å². The van der Waals surface area contributed by atoms with Gasteiger partial charge in [0.05, 0.1) is 34.5 Å². The highest BCUT2D eigenvalue weighted by atomic mass is 35.5. The minimum Gasteiger partial charge on any atom is -0.493 e. The third-order valence-corrected chi connectivity index (χ3v) is 6.92. The van der Waals surface area contributed by atoms with Crippen LogP contribution < -0.4 is 18.9 Å². The first-order valence-electron chi connectivity index (χ1n) is 11.4. The monoisotopic (exact) mass is 492 g/mol. The van der Waals surface area contributed by atoms with E-state index in [0.29, 0.717) is 41.0 Å². The van der Waals surface area contributed by atoms with Crippen molar-refractivity contribution in [3.63, 3.8) is 0 Å². The maximum Gasteiger partial charge on any atom is 0.161 e. The maximum atomic E-state index is 10.3. The highest BCUT2D eigenvalue weighted by molar-refractivity contribution is 6.31. The average Bonchev–Trinajstić information content (AvgIpc) is 2.90. The molecule has 0 N–H and O–H groups in total. The summed E-state index contributed by atoms with van der Waals surface area (Å²) in [4.78, 5) is 2.23. The molecule has 1 aliphatic heterocycles. The molecule has 0 spiro atoms. The van der Waals surface area contributed by atoms with Crippen molar-refractivity contribution in [3.05, 3.63) is 81.9 Å². The molecular weight excluding hydrogens is 464 g/mol. The van der Waals surface area contributed by atoms with Crippen molar-refractivity contribution in [2.75, 3.05) is 35.0 Å². The first kappa shape index (κ1) is 24.7. The number of nitrogens with zero attached hydrogens (tertiary/aromatic N) is 2. The minimum atomic E-state index is -0.505. The van der Waals surface area contributed by atoms with Crippen LogP contribution in [0.15, 0.2) is 54.6 Å². The lowest BCUT2D eigenvalue weighted by atomic mass is 9.86. The van der Waals surface area contributed by atoms with Crippen molar-refractivity contribution in [2.24, 2.45) is 0 Å². The number of halogens is 1. The maximum absolute atomic E-state index is 10.3. The van der Waals surface area contributed by atoms with Gasteiger partial charge < -0.3 is 18.9 Å². The van der Waals surface area contributed by atoms with E-state index in [4.69, 9.17) is 30.5 Å². The predicted octanol–water partition coefficient (Wildman–Crippen LogP) is 5.78. The van der Waals surface area contributed by atoms with Gasteiger partial charge in [-0.3, -0.25) is 4.90 Å². The van der Waals surface area contributed by atoms with Gasteiger partial charge in [-0.05, 0) is 59.9 Å². The van der Waals surface area contributed by atoms with Crippen molar-refractivity contribution in [1.82, 2.24) is 4.90 Å². The Morgan fingerprint density at radius 2 is 1.57 bits per heavy atom. The normalized spacial score (nSPS) is 16.1. The Morgan fingerprint density at radius 3 is 2.23 bits per heavy atom. The summed E-state index contributed by atoms with van der Waals surface area (Å²) in [7, 11) is 6.53. The zero-order chi connectivity index (χ0) is 24.9. The van der Waals surface area contributed by atoms with Gasteiger partial charge in [0.15, 0.2) is 23.0 Å². The van der Waals surface area contributed by atoms with Crippen LogP contribution in [0.25, 0.3) is 0 Å². The first-order valence-corrected chi connectivity index (χ1v) is 11.8. The molecule has 0 amide bonds. The molecule has 0 saturated heterocycles. The van der Waals surface area contributed by atoms with Gasteiger partial charge in [0.2, 0.25) is 0 Å². The van der Waals surface area contributed by atoms with E-state index in [1.54, 1.807) is 28.4 Å². The molecule has 0 bridgehead atoms. The fraction of sp³-hybridized carbons (Fsp3) is 0.321. The van der Waals surface area contributed by atoms with E-state index in [2.05, 4.69) is 11.0 Å². The highest BCUT2D eigenvalue weighted by Gasteiger charge is 2.35. The molecular formula is C28H29ClN2O4. The second-order valence-electron chi connectivity index (χ2n) is 8.36. The summed E-state index contributed by atoms with van der Waals surface area (Å²) in [6.07, 6.45) is 1.44. The zero-order valence-corrected chi connectivity index (χ0v) is 21.1. The molecule has 4 rings (SSSR count). The number of hydrogen-bond donors (Lipinski definition) is 0. The van der Waals surface area contributed by atoms with Crippen molar-refractivity contribution in [1.29, 1.82) is 5.26 Å². The second-order valence-corrected chi connectivity index (χ2v) is 8.76. The van der Waals surface area contributed by atoms with Gasteiger partial charge in [-0.2, -0.15) is 5.26 Å². The number of methoxy groups -OCH3 is 4. The molecule has 0 fully saturated rings.